The highest BCUT2D eigenvalue weighted by Gasteiger charge is 2.41. The van der Waals surface area contributed by atoms with E-state index >= 15 is 0 Å². The van der Waals surface area contributed by atoms with Gasteiger partial charge in [0.15, 0.2) is 0 Å². The predicted octanol–water partition coefficient (Wildman–Crippen LogP) is 5.28. The number of anilines is 2. The van der Waals surface area contributed by atoms with E-state index in [9.17, 15) is 23.2 Å². The Kier molecular flexibility index (Phi) is 6.76. The van der Waals surface area contributed by atoms with Crippen molar-refractivity contribution in [3.63, 3.8) is 0 Å². The van der Waals surface area contributed by atoms with Crippen LogP contribution < -0.4 is 10.2 Å². The largest absolute Gasteiger partial charge is 0.478 e. The van der Waals surface area contributed by atoms with Crippen molar-refractivity contribution in [3.05, 3.63) is 114 Å². The van der Waals surface area contributed by atoms with Crippen LogP contribution >= 0.6 is 0 Å². The molecule has 1 aliphatic rings. The van der Waals surface area contributed by atoms with Crippen molar-refractivity contribution in [2.24, 2.45) is 0 Å². The number of carboxylic acid groups (broad SMARTS) is 1. The molecule has 2 amide bonds. The molecule has 0 saturated heterocycles. The highest BCUT2D eigenvalue weighted by atomic mass is 19.3. The third kappa shape index (κ3) is 5.17. The summed E-state index contributed by atoms with van der Waals surface area (Å²) in [5, 5.41) is 12.0. The summed E-state index contributed by atoms with van der Waals surface area (Å²) < 4.78 is 31.6. The van der Waals surface area contributed by atoms with Gasteiger partial charge in [0.2, 0.25) is 0 Å². The van der Waals surface area contributed by atoms with Gasteiger partial charge in [-0.1, -0.05) is 30.3 Å². The average Bonchev–Trinajstić information content (AvgIpc) is 3.44. The number of para-hydroxylation sites is 2. The molecule has 196 valence electrons. The fourth-order valence-corrected chi connectivity index (χ4v) is 4.50. The van der Waals surface area contributed by atoms with Gasteiger partial charge in [-0.15, -0.1) is 0 Å². The topological polar surface area (TPSA) is 105 Å². The Balaban J connectivity index is 1.39. The summed E-state index contributed by atoms with van der Waals surface area (Å²) in [6.45, 7) is -0.316. The SMILES string of the molecule is O=C(O)/C=C1/c2ccccc2N(C(=O)c2ccc(NC(=O)c3ccccc3-n3ccnc3)cc2)CCC1(F)F. The lowest BCUT2D eigenvalue weighted by atomic mass is 9.97. The lowest BCUT2D eigenvalue weighted by Crippen LogP contribution is -2.33. The molecular weight excluding hydrogens is 506 g/mol. The molecule has 2 N–H and O–H groups in total. The van der Waals surface area contributed by atoms with E-state index in [1.165, 1.54) is 35.2 Å². The minimum Gasteiger partial charge on any atom is -0.478 e. The normalized spacial score (nSPS) is 15.3. The molecule has 0 bridgehead atoms. The smallest absolute Gasteiger partial charge is 0.328 e. The number of halogens is 2. The molecule has 3 aromatic carbocycles. The summed E-state index contributed by atoms with van der Waals surface area (Å²) >= 11 is 0. The highest BCUT2D eigenvalue weighted by Crippen LogP contribution is 2.43. The minimum absolute atomic E-state index is 0.0174. The van der Waals surface area contributed by atoms with Gasteiger partial charge in [0.05, 0.1) is 23.3 Å². The fourth-order valence-electron chi connectivity index (χ4n) is 4.50. The number of aromatic nitrogens is 2. The van der Waals surface area contributed by atoms with E-state index in [0.29, 0.717) is 23.0 Å². The zero-order valence-electron chi connectivity index (χ0n) is 20.4. The van der Waals surface area contributed by atoms with Crippen LogP contribution in [-0.4, -0.2) is 44.9 Å². The number of hydrogen-bond acceptors (Lipinski definition) is 4. The third-order valence-electron chi connectivity index (χ3n) is 6.36. The number of hydrogen-bond donors (Lipinski definition) is 2. The number of aliphatic carboxylic acids is 1. The molecule has 0 unspecified atom stereocenters. The van der Waals surface area contributed by atoms with Crippen LogP contribution in [0.4, 0.5) is 20.2 Å². The Hall–Kier alpha value is -5.12. The Morgan fingerprint density at radius 2 is 1.64 bits per heavy atom. The quantitative estimate of drug-likeness (QED) is 0.343. The van der Waals surface area contributed by atoms with Gasteiger partial charge in [-0.25, -0.2) is 18.6 Å². The summed E-state index contributed by atoms with van der Waals surface area (Å²) in [4.78, 5) is 42.9. The van der Waals surface area contributed by atoms with E-state index < -0.39 is 29.8 Å². The number of rotatable bonds is 5. The highest BCUT2D eigenvalue weighted by molar-refractivity contribution is 6.10. The van der Waals surface area contributed by atoms with Crippen LogP contribution in [0.3, 0.4) is 0 Å². The number of imidazole rings is 1. The van der Waals surface area contributed by atoms with Crippen molar-refractivity contribution in [1.29, 1.82) is 0 Å². The molecule has 2 heterocycles. The number of amides is 2. The van der Waals surface area contributed by atoms with Crippen molar-refractivity contribution in [2.45, 2.75) is 12.3 Å². The summed E-state index contributed by atoms with van der Waals surface area (Å²) in [7, 11) is 0. The van der Waals surface area contributed by atoms with E-state index in [4.69, 9.17) is 5.11 Å². The second-order valence-electron chi connectivity index (χ2n) is 8.84. The molecule has 10 heteroatoms. The first-order valence-electron chi connectivity index (χ1n) is 12.0. The van der Waals surface area contributed by atoms with Gasteiger partial charge in [-0.3, -0.25) is 9.59 Å². The molecule has 1 aromatic heterocycles. The van der Waals surface area contributed by atoms with Crippen LogP contribution in [0.25, 0.3) is 11.3 Å². The van der Waals surface area contributed by atoms with Crippen LogP contribution in [0.1, 0.15) is 32.7 Å². The van der Waals surface area contributed by atoms with Gasteiger partial charge in [-0.05, 0) is 42.5 Å². The van der Waals surface area contributed by atoms with Crippen LogP contribution in [0.2, 0.25) is 0 Å². The van der Waals surface area contributed by atoms with E-state index in [0.717, 1.165) is 0 Å². The zero-order valence-corrected chi connectivity index (χ0v) is 20.4. The molecule has 4 aromatic rings. The van der Waals surface area contributed by atoms with Crippen LogP contribution in [0.15, 0.2) is 97.6 Å². The maximum Gasteiger partial charge on any atom is 0.328 e. The lowest BCUT2D eigenvalue weighted by Gasteiger charge is -2.23. The van der Waals surface area contributed by atoms with Crippen molar-refractivity contribution >= 4 is 34.7 Å². The number of carbonyl (C=O) groups is 3. The maximum atomic E-state index is 14.9. The first-order valence-corrected chi connectivity index (χ1v) is 12.0. The Morgan fingerprint density at radius 1 is 0.949 bits per heavy atom. The molecule has 1 aliphatic heterocycles. The van der Waals surface area contributed by atoms with Gasteiger partial charge in [0, 0.05) is 53.8 Å². The lowest BCUT2D eigenvalue weighted by molar-refractivity contribution is -0.131. The summed E-state index contributed by atoms with van der Waals surface area (Å²) in [5.41, 5.74) is 1.25. The van der Waals surface area contributed by atoms with Crippen molar-refractivity contribution in [3.8, 4) is 5.69 Å². The molecule has 0 fully saturated rings. The molecule has 8 nitrogen and oxygen atoms in total. The van der Waals surface area contributed by atoms with E-state index in [-0.39, 0.29) is 29.3 Å². The van der Waals surface area contributed by atoms with Crippen molar-refractivity contribution in [1.82, 2.24) is 9.55 Å². The number of nitrogens with zero attached hydrogens (tertiary/aromatic N) is 3. The molecule has 0 aliphatic carbocycles. The molecular formula is C29H22F2N4O4. The molecule has 0 atom stereocenters. The molecule has 0 radical (unpaired) electrons. The Morgan fingerprint density at radius 3 is 2.33 bits per heavy atom. The number of alkyl halides is 2. The molecule has 0 spiro atoms. The molecule has 5 rings (SSSR count). The van der Waals surface area contributed by atoms with Gasteiger partial charge in [0.25, 0.3) is 17.7 Å². The first-order chi connectivity index (χ1) is 18.7. The second kappa shape index (κ2) is 10.3. The van der Waals surface area contributed by atoms with Gasteiger partial charge >= 0.3 is 5.97 Å². The number of fused-ring (bicyclic) bond motifs is 1. The Bertz CT molecular complexity index is 1580. The van der Waals surface area contributed by atoms with E-state index in [1.807, 2.05) is 6.07 Å². The molecule has 0 saturated carbocycles. The average molecular weight is 529 g/mol. The number of carbonyl (C=O) groups excluding carboxylic acids is 2. The van der Waals surface area contributed by atoms with Gasteiger partial charge in [0.1, 0.15) is 0 Å². The Labute approximate surface area is 221 Å². The van der Waals surface area contributed by atoms with Crippen molar-refractivity contribution < 1.29 is 28.3 Å². The van der Waals surface area contributed by atoms with E-state index in [1.54, 1.807) is 59.7 Å². The van der Waals surface area contributed by atoms with Crippen LogP contribution in [0.5, 0.6) is 0 Å². The summed E-state index contributed by atoms with van der Waals surface area (Å²) in [6.07, 6.45) is 4.68. The summed E-state index contributed by atoms with van der Waals surface area (Å²) in [5.74, 6) is -5.83. The monoisotopic (exact) mass is 528 g/mol. The maximum absolute atomic E-state index is 14.9. The van der Waals surface area contributed by atoms with Crippen LogP contribution in [-0.2, 0) is 4.79 Å². The van der Waals surface area contributed by atoms with Gasteiger partial charge in [-0.2, -0.15) is 0 Å². The second-order valence-corrected chi connectivity index (χ2v) is 8.84. The minimum atomic E-state index is -3.44. The number of nitrogens with one attached hydrogen (secondary N) is 1. The fraction of sp³-hybridized carbons (Fsp3) is 0.103. The van der Waals surface area contributed by atoms with Gasteiger partial charge < -0.3 is 19.9 Å². The standard InChI is InChI=1S/C29H22F2N4O4/c30-29(31)13-15-35(25-8-4-1-5-21(25)23(29)17-26(36)37)28(39)19-9-11-20(12-10-19)33-27(38)22-6-2-3-7-24(22)34-16-14-32-18-34/h1-12,14,16-18H,13,15H2,(H,33,38)(H,36,37)/b23-17-. The predicted molar refractivity (Wildman–Crippen MR) is 141 cm³/mol. The first kappa shape index (κ1) is 25.5. The van der Waals surface area contributed by atoms with Crippen molar-refractivity contribution in [2.75, 3.05) is 16.8 Å². The summed E-state index contributed by atoms with van der Waals surface area (Å²) in [6, 6.07) is 19.1. The van der Waals surface area contributed by atoms with Crippen LogP contribution in [0, 0.1) is 0 Å². The number of allylic oxidation sites excluding steroid dienone is 1. The van der Waals surface area contributed by atoms with E-state index in [2.05, 4.69) is 10.3 Å². The zero-order chi connectivity index (χ0) is 27.6. The molecule has 39 heavy (non-hydrogen) atoms. The number of carboxylic acids is 1. The number of benzene rings is 3. The third-order valence-corrected chi connectivity index (χ3v) is 6.36.